The number of rotatable bonds is 17. The largest absolute Gasteiger partial charge is 0.0622 e. The third-order valence-corrected chi connectivity index (χ3v) is 10.5. The maximum absolute atomic E-state index is 2.32. The Kier molecular flexibility index (Phi) is 11.7. The molecule has 0 nitrogen and oxygen atoms in total. The quantitative estimate of drug-likeness (QED) is 0.0698. The maximum atomic E-state index is 2.32. The fraction of sp³-hybridized carbons (Fsp3) is 0.250. The minimum atomic E-state index is -0.132. The highest BCUT2D eigenvalue weighted by atomic mass is 14.4. The third kappa shape index (κ3) is 7.55. The van der Waals surface area contributed by atoms with E-state index in [0.29, 0.717) is 0 Å². The first-order valence-corrected chi connectivity index (χ1v) is 18.2. The van der Waals surface area contributed by atoms with E-state index in [1.165, 1.54) is 84.7 Å². The molecule has 0 aliphatic carbocycles. The number of hydrogen-bond acceptors (Lipinski definition) is 0. The van der Waals surface area contributed by atoms with Crippen LogP contribution >= 0.6 is 0 Å². The van der Waals surface area contributed by atoms with E-state index in [0.717, 1.165) is 12.8 Å². The second-order valence-corrected chi connectivity index (χ2v) is 13.3. The van der Waals surface area contributed by atoms with Gasteiger partial charge in [0, 0.05) is 10.8 Å². The van der Waals surface area contributed by atoms with Gasteiger partial charge in [-0.2, -0.15) is 0 Å². The van der Waals surface area contributed by atoms with Crippen LogP contribution in [-0.4, -0.2) is 0 Å². The van der Waals surface area contributed by atoms with E-state index in [2.05, 4.69) is 182 Å². The summed E-state index contributed by atoms with van der Waals surface area (Å²) in [4.78, 5) is 0. The van der Waals surface area contributed by atoms with E-state index in [4.69, 9.17) is 0 Å². The predicted molar refractivity (Wildman–Crippen MR) is 205 cm³/mol. The summed E-state index contributed by atoms with van der Waals surface area (Å²) in [5, 5.41) is 0. The summed E-state index contributed by atoms with van der Waals surface area (Å²) in [6, 6.07) is 67.0. The first-order chi connectivity index (χ1) is 23.8. The molecular weight excluding hydrogens is 577 g/mol. The highest BCUT2D eigenvalue weighted by Crippen LogP contribution is 2.45. The minimum absolute atomic E-state index is 0.132. The van der Waals surface area contributed by atoms with Gasteiger partial charge in [0.2, 0.25) is 0 Å². The lowest BCUT2D eigenvalue weighted by molar-refractivity contribution is 0.480. The second kappa shape index (κ2) is 16.9. The predicted octanol–water partition coefficient (Wildman–Crippen LogP) is 13.0. The standard InChI is InChI=1S/C48H50/c1(3-5-25-39-47(41-27-13-7-14-28-41,42-29-15-8-16-30-42)43-31-17-9-18-32-43)2-4-6-26-40-48(44-33-19-10-20-34-44,45-35-21-11-22-36-45)46-37-23-12-24-38-46/h7-24,27-38H,1-6,25-26,39-40H2. The van der Waals surface area contributed by atoms with Gasteiger partial charge in [-0.3, -0.25) is 0 Å². The molecule has 0 bridgehead atoms. The van der Waals surface area contributed by atoms with Crippen molar-refractivity contribution in [2.24, 2.45) is 0 Å². The first kappa shape index (κ1) is 33.2. The Labute approximate surface area is 289 Å². The highest BCUT2D eigenvalue weighted by Gasteiger charge is 2.36. The first-order valence-electron chi connectivity index (χ1n) is 18.2. The van der Waals surface area contributed by atoms with Gasteiger partial charge in [-0.1, -0.05) is 233 Å². The smallest absolute Gasteiger partial charge is 0.0451 e. The van der Waals surface area contributed by atoms with Crippen LogP contribution in [0.5, 0.6) is 0 Å². The molecule has 48 heavy (non-hydrogen) atoms. The molecule has 0 saturated heterocycles. The molecule has 0 aliphatic heterocycles. The van der Waals surface area contributed by atoms with Crippen molar-refractivity contribution in [2.75, 3.05) is 0 Å². The number of unbranched alkanes of at least 4 members (excludes halogenated alkanes) is 7. The third-order valence-electron chi connectivity index (χ3n) is 10.5. The molecule has 242 valence electrons. The Balaban J connectivity index is 1.05. The Morgan fingerprint density at radius 1 is 0.208 bits per heavy atom. The fourth-order valence-electron chi connectivity index (χ4n) is 8.04. The van der Waals surface area contributed by atoms with Crippen LogP contribution in [0.25, 0.3) is 0 Å². The van der Waals surface area contributed by atoms with Crippen molar-refractivity contribution in [3.05, 3.63) is 215 Å². The average molecular weight is 627 g/mol. The molecule has 6 rings (SSSR count). The van der Waals surface area contributed by atoms with Crippen molar-refractivity contribution >= 4 is 0 Å². The topological polar surface area (TPSA) is 0 Å². The van der Waals surface area contributed by atoms with Crippen LogP contribution in [0.3, 0.4) is 0 Å². The maximum Gasteiger partial charge on any atom is 0.0451 e. The van der Waals surface area contributed by atoms with E-state index < -0.39 is 0 Å². The van der Waals surface area contributed by atoms with Crippen LogP contribution in [0.15, 0.2) is 182 Å². The average Bonchev–Trinajstić information content (AvgIpc) is 3.18. The summed E-state index contributed by atoms with van der Waals surface area (Å²) in [5.41, 5.74) is 8.07. The van der Waals surface area contributed by atoms with Crippen molar-refractivity contribution in [1.29, 1.82) is 0 Å². The van der Waals surface area contributed by atoms with Gasteiger partial charge < -0.3 is 0 Å². The molecule has 0 radical (unpaired) electrons. The van der Waals surface area contributed by atoms with Crippen molar-refractivity contribution in [3.63, 3.8) is 0 Å². The fourth-order valence-corrected chi connectivity index (χ4v) is 8.04. The Morgan fingerprint density at radius 3 is 0.562 bits per heavy atom. The second-order valence-electron chi connectivity index (χ2n) is 13.3. The van der Waals surface area contributed by atoms with Gasteiger partial charge in [0.25, 0.3) is 0 Å². The van der Waals surface area contributed by atoms with Crippen molar-refractivity contribution in [2.45, 2.75) is 75.0 Å². The van der Waals surface area contributed by atoms with Gasteiger partial charge in [-0.05, 0) is 46.2 Å². The van der Waals surface area contributed by atoms with E-state index in [1.54, 1.807) is 0 Å². The molecule has 0 atom stereocenters. The highest BCUT2D eigenvalue weighted by molar-refractivity contribution is 5.51. The normalized spacial score (nSPS) is 11.8. The van der Waals surface area contributed by atoms with Gasteiger partial charge >= 0.3 is 0 Å². The van der Waals surface area contributed by atoms with Gasteiger partial charge in [0.15, 0.2) is 0 Å². The molecule has 0 aromatic heterocycles. The SMILES string of the molecule is c1ccc(C(CCCCCCCCCCC(c2ccccc2)(c2ccccc2)c2ccccc2)(c2ccccc2)c2ccccc2)cc1. The molecule has 0 aliphatic rings. The van der Waals surface area contributed by atoms with E-state index in [9.17, 15) is 0 Å². The lowest BCUT2D eigenvalue weighted by Crippen LogP contribution is -2.29. The molecule has 0 spiro atoms. The molecule has 0 heteroatoms. The van der Waals surface area contributed by atoms with Gasteiger partial charge in [0.05, 0.1) is 0 Å². The lowest BCUT2D eigenvalue weighted by Gasteiger charge is -2.36. The molecule has 0 unspecified atom stereocenters. The van der Waals surface area contributed by atoms with Gasteiger partial charge in [-0.25, -0.2) is 0 Å². The van der Waals surface area contributed by atoms with Crippen molar-refractivity contribution < 1.29 is 0 Å². The van der Waals surface area contributed by atoms with Crippen LogP contribution in [0.2, 0.25) is 0 Å². The Bertz CT molecular complexity index is 1400. The summed E-state index contributed by atoms with van der Waals surface area (Å²) >= 11 is 0. The molecular formula is C48H50. The Hall–Kier alpha value is -4.68. The van der Waals surface area contributed by atoms with Crippen LogP contribution < -0.4 is 0 Å². The molecule has 0 amide bonds. The van der Waals surface area contributed by atoms with E-state index in [1.807, 2.05) is 0 Å². The van der Waals surface area contributed by atoms with Crippen molar-refractivity contribution in [1.82, 2.24) is 0 Å². The van der Waals surface area contributed by atoms with Crippen molar-refractivity contribution in [3.8, 4) is 0 Å². The molecule has 0 heterocycles. The summed E-state index contributed by atoms with van der Waals surface area (Å²) in [5.74, 6) is 0. The van der Waals surface area contributed by atoms with Crippen LogP contribution in [0, 0.1) is 0 Å². The number of benzene rings is 6. The summed E-state index contributed by atoms with van der Waals surface area (Å²) in [6.45, 7) is 0. The summed E-state index contributed by atoms with van der Waals surface area (Å²) in [7, 11) is 0. The zero-order valence-corrected chi connectivity index (χ0v) is 28.4. The number of hydrogen-bond donors (Lipinski definition) is 0. The molecule has 0 fully saturated rings. The Morgan fingerprint density at radius 2 is 0.375 bits per heavy atom. The zero-order chi connectivity index (χ0) is 32.7. The lowest BCUT2D eigenvalue weighted by atomic mass is 9.66. The van der Waals surface area contributed by atoms with Crippen LogP contribution in [0.4, 0.5) is 0 Å². The zero-order valence-electron chi connectivity index (χ0n) is 28.4. The van der Waals surface area contributed by atoms with E-state index >= 15 is 0 Å². The monoisotopic (exact) mass is 626 g/mol. The molecule has 6 aromatic carbocycles. The van der Waals surface area contributed by atoms with E-state index in [-0.39, 0.29) is 10.8 Å². The molecule has 0 N–H and O–H groups in total. The summed E-state index contributed by atoms with van der Waals surface area (Å²) in [6.07, 6.45) is 12.4. The molecule has 0 saturated carbocycles. The van der Waals surface area contributed by atoms with Gasteiger partial charge in [-0.15, -0.1) is 0 Å². The van der Waals surface area contributed by atoms with Gasteiger partial charge in [0.1, 0.15) is 0 Å². The van der Waals surface area contributed by atoms with Crippen LogP contribution in [-0.2, 0) is 10.8 Å². The minimum Gasteiger partial charge on any atom is -0.0622 e. The molecule has 6 aromatic rings. The van der Waals surface area contributed by atoms with Crippen LogP contribution in [0.1, 0.15) is 97.6 Å². The summed E-state index contributed by atoms with van der Waals surface area (Å²) < 4.78 is 0.